The molecule has 1 amide bonds. The fourth-order valence-corrected chi connectivity index (χ4v) is 4.07. The third-order valence-electron chi connectivity index (χ3n) is 3.20. The van der Waals surface area contributed by atoms with Crippen molar-refractivity contribution in [3.8, 4) is 0 Å². The number of aromatic nitrogens is 1. The summed E-state index contributed by atoms with van der Waals surface area (Å²) >= 11 is 4.84. The number of sulfone groups is 1. The fraction of sp³-hybridized carbons (Fsp3) is 0.0667. The molecule has 0 unspecified atom stereocenters. The number of para-hydroxylation sites is 1. The average Bonchev–Trinajstić information content (AvgIpc) is 2.96. The van der Waals surface area contributed by atoms with Gasteiger partial charge in [-0.25, -0.2) is 13.4 Å². The Morgan fingerprint density at radius 3 is 2.50 bits per heavy atom. The van der Waals surface area contributed by atoms with Crippen LogP contribution in [-0.4, -0.2) is 25.6 Å². The van der Waals surface area contributed by atoms with Crippen molar-refractivity contribution in [3.63, 3.8) is 0 Å². The maximum Gasteiger partial charge on any atom is 0.269 e. The molecule has 24 heavy (non-hydrogen) atoms. The van der Waals surface area contributed by atoms with E-state index in [0.29, 0.717) is 10.7 Å². The molecule has 0 atom stereocenters. The lowest BCUT2D eigenvalue weighted by atomic mass is 10.2. The second-order valence-corrected chi connectivity index (χ2v) is 8.88. The average molecular weight is 426 g/mol. The van der Waals surface area contributed by atoms with Gasteiger partial charge in [0.25, 0.3) is 5.91 Å². The first-order chi connectivity index (χ1) is 11.3. The molecule has 2 aromatic carbocycles. The molecule has 0 saturated heterocycles. The number of amides is 1. The maximum atomic E-state index is 12.1. The molecule has 0 aliphatic carbocycles. The van der Waals surface area contributed by atoms with E-state index in [9.17, 15) is 13.2 Å². The number of rotatable bonds is 4. The number of carbonyl (C=O) groups is 1. The van der Waals surface area contributed by atoms with Crippen LogP contribution in [0.25, 0.3) is 10.2 Å². The van der Waals surface area contributed by atoms with Crippen molar-refractivity contribution in [3.05, 3.63) is 52.5 Å². The number of nitrogens with one attached hydrogen (secondary N) is 2. The molecule has 6 nitrogen and oxygen atoms in total. The van der Waals surface area contributed by atoms with Crippen LogP contribution in [0.5, 0.6) is 0 Å². The van der Waals surface area contributed by atoms with Crippen molar-refractivity contribution in [2.75, 3.05) is 11.7 Å². The molecular weight excluding hydrogens is 414 g/mol. The number of halogens is 1. The Hall–Kier alpha value is -1.97. The number of fused-ring (bicyclic) bond motifs is 1. The van der Waals surface area contributed by atoms with Gasteiger partial charge < -0.3 is 0 Å². The zero-order valence-corrected chi connectivity index (χ0v) is 15.6. The first-order valence-electron chi connectivity index (χ1n) is 6.76. The van der Waals surface area contributed by atoms with Crippen LogP contribution in [0, 0.1) is 0 Å². The Bertz CT molecular complexity index is 1010. The summed E-state index contributed by atoms with van der Waals surface area (Å²) in [5, 5.41) is 0.554. The first kappa shape index (κ1) is 16.9. The van der Waals surface area contributed by atoms with Crippen molar-refractivity contribution in [1.29, 1.82) is 0 Å². The van der Waals surface area contributed by atoms with Gasteiger partial charge >= 0.3 is 0 Å². The van der Waals surface area contributed by atoms with E-state index in [2.05, 4.69) is 31.8 Å². The van der Waals surface area contributed by atoms with Gasteiger partial charge in [0.2, 0.25) is 5.13 Å². The Labute approximate surface area is 150 Å². The molecule has 1 heterocycles. The molecule has 124 valence electrons. The number of anilines is 1. The number of carbonyl (C=O) groups excluding carboxylic acids is 1. The van der Waals surface area contributed by atoms with Crippen LogP contribution in [0.1, 0.15) is 10.4 Å². The van der Waals surface area contributed by atoms with Gasteiger partial charge in [0.1, 0.15) is 0 Å². The monoisotopic (exact) mass is 425 g/mol. The highest BCUT2D eigenvalue weighted by Crippen LogP contribution is 2.30. The maximum absolute atomic E-state index is 12.1. The van der Waals surface area contributed by atoms with E-state index >= 15 is 0 Å². The Balaban J connectivity index is 1.71. The van der Waals surface area contributed by atoms with E-state index < -0.39 is 9.84 Å². The summed E-state index contributed by atoms with van der Waals surface area (Å²) in [4.78, 5) is 16.7. The van der Waals surface area contributed by atoms with E-state index in [0.717, 1.165) is 20.9 Å². The standard InChI is InChI=1S/C15H12BrN3O3S2/c1-24(21,22)10-7-5-9(6-8-10)14(20)18-19-15-17-13-11(16)3-2-4-12(13)23-15/h2-8H,1H3,(H,17,19)(H,18,20). The molecular formula is C15H12BrN3O3S2. The van der Waals surface area contributed by atoms with Crippen molar-refractivity contribution in [1.82, 2.24) is 10.4 Å². The van der Waals surface area contributed by atoms with Crippen LogP contribution in [0.4, 0.5) is 5.13 Å². The van der Waals surface area contributed by atoms with E-state index in [1.807, 2.05) is 18.2 Å². The van der Waals surface area contributed by atoms with Crippen molar-refractivity contribution >= 4 is 58.4 Å². The number of benzene rings is 2. The second-order valence-electron chi connectivity index (χ2n) is 4.98. The number of hydrazine groups is 1. The predicted molar refractivity (Wildman–Crippen MR) is 98.0 cm³/mol. The van der Waals surface area contributed by atoms with Gasteiger partial charge in [0.05, 0.1) is 15.1 Å². The highest BCUT2D eigenvalue weighted by atomic mass is 79.9. The van der Waals surface area contributed by atoms with Gasteiger partial charge in [-0.15, -0.1) is 0 Å². The second kappa shape index (κ2) is 6.50. The molecule has 9 heteroatoms. The van der Waals surface area contributed by atoms with Gasteiger partial charge in [-0.05, 0) is 52.3 Å². The zero-order chi connectivity index (χ0) is 17.3. The normalized spacial score (nSPS) is 11.4. The lowest BCUT2D eigenvalue weighted by molar-refractivity contribution is 0.0962. The Morgan fingerprint density at radius 1 is 1.17 bits per heavy atom. The molecule has 3 rings (SSSR count). The SMILES string of the molecule is CS(=O)(=O)c1ccc(C(=O)NNc2nc3c(Br)cccc3s2)cc1. The number of hydrogen-bond acceptors (Lipinski definition) is 6. The van der Waals surface area contributed by atoms with Crippen LogP contribution in [0.3, 0.4) is 0 Å². The lowest BCUT2D eigenvalue weighted by Gasteiger charge is -2.06. The Morgan fingerprint density at radius 2 is 1.88 bits per heavy atom. The summed E-state index contributed by atoms with van der Waals surface area (Å²) in [7, 11) is -3.28. The highest BCUT2D eigenvalue weighted by molar-refractivity contribution is 9.10. The van der Waals surface area contributed by atoms with Crippen LogP contribution in [-0.2, 0) is 9.84 Å². The van der Waals surface area contributed by atoms with Gasteiger partial charge in [0, 0.05) is 16.3 Å². The topological polar surface area (TPSA) is 88.2 Å². The van der Waals surface area contributed by atoms with E-state index in [1.165, 1.54) is 35.6 Å². The molecule has 0 aliphatic rings. The minimum absolute atomic E-state index is 0.169. The molecule has 0 bridgehead atoms. The molecule has 0 radical (unpaired) electrons. The van der Waals surface area contributed by atoms with Crippen LogP contribution in [0.2, 0.25) is 0 Å². The van der Waals surface area contributed by atoms with Gasteiger partial charge in [-0.3, -0.25) is 15.6 Å². The molecule has 1 aromatic heterocycles. The molecule has 0 aliphatic heterocycles. The summed E-state index contributed by atoms with van der Waals surface area (Å²) in [5.74, 6) is -0.381. The largest absolute Gasteiger partial charge is 0.273 e. The minimum Gasteiger partial charge on any atom is -0.273 e. The quantitative estimate of drug-likeness (QED) is 0.626. The zero-order valence-electron chi connectivity index (χ0n) is 12.4. The number of hydrogen-bond donors (Lipinski definition) is 2. The smallest absolute Gasteiger partial charge is 0.269 e. The predicted octanol–water partition coefficient (Wildman–Crippen LogP) is 3.22. The van der Waals surface area contributed by atoms with Gasteiger partial charge in [-0.2, -0.15) is 0 Å². The summed E-state index contributed by atoms with van der Waals surface area (Å²) in [6.07, 6.45) is 1.12. The number of thiazole rings is 1. The molecule has 2 N–H and O–H groups in total. The van der Waals surface area contributed by atoms with Crippen LogP contribution < -0.4 is 10.9 Å². The van der Waals surface area contributed by atoms with Crippen molar-refractivity contribution < 1.29 is 13.2 Å². The lowest BCUT2D eigenvalue weighted by Crippen LogP contribution is -2.29. The first-order valence-corrected chi connectivity index (χ1v) is 10.3. The van der Waals surface area contributed by atoms with E-state index in [1.54, 1.807) is 0 Å². The number of nitrogens with zero attached hydrogens (tertiary/aromatic N) is 1. The van der Waals surface area contributed by atoms with Crippen LogP contribution >= 0.6 is 27.3 Å². The summed E-state index contributed by atoms with van der Waals surface area (Å²) in [6.45, 7) is 0. The van der Waals surface area contributed by atoms with Crippen LogP contribution in [0.15, 0.2) is 51.8 Å². The molecule has 0 fully saturated rings. The summed E-state index contributed by atoms with van der Waals surface area (Å²) < 4.78 is 24.7. The Kier molecular flexibility index (Phi) is 4.57. The summed E-state index contributed by atoms with van der Waals surface area (Å²) in [6, 6.07) is 11.5. The molecule has 0 spiro atoms. The third kappa shape index (κ3) is 3.58. The van der Waals surface area contributed by atoms with Gasteiger partial charge in [0.15, 0.2) is 9.84 Å². The molecule has 0 saturated carbocycles. The third-order valence-corrected chi connectivity index (χ3v) is 5.90. The molecule has 3 aromatic rings. The van der Waals surface area contributed by atoms with Gasteiger partial charge in [-0.1, -0.05) is 17.4 Å². The minimum atomic E-state index is -3.28. The van der Waals surface area contributed by atoms with E-state index in [4.69, 9.17) is 0 Å². The highest BCUT2D eigenvalue weighted by Gasteiger charge is 2.11. The summed E-state index contributed by atoms with van der Waals surface area (Å²) in [5.41, 5.74) is 6.48. The van der Waals surface area contributed by atoms with Crippen molar-refractivity contribution in [2.24, 2.45) is 0 Å². The fourth-order valence-electron chi connectivity index (χ4n) is 2.00. The van der Waals surface area contributed by atoms with E-state index in [-0.39, 0.29) is 10.8 Å². The van der Waals surface area contributed by atoms with Crippen molar-refractivity contribution in [2.45, 2.75) is 4.90 Å².